The Hall–Kier alpha value is -2.89. The molecular weight excluding hydrogens is 402 g/mol. The lowest BCUT2D eigenvalue weighted by molar-refractivity contribution is -0.164. The number of aryl methyl sites for hydroxylation is 2. The number of esters is 1. The fourth-order valence-electron chi connectivity index (χ4n) is 3.65. The molecule has 1 aliphatic heterocycles. The van der Waals surface area contributed by atoms with E-state index in [9.17, 15) is 4.79 Å². The van der Waals surface area contributed by atoms with Crippen LogP contribution in [-0.4, -0.2) is 34.3 Å². The van der Waals surface area contributed by atoms with Crippen molar-refractivity contribution in [2.24, 2.45) is 4.99 Å². The lowest BCUT2D eigenvalue weighted by atomic mass is 9.86. The lowest BCUT2D eigenvalue weighted by Gasteiger charge is -2.22. The average Bonchev–Trinajstić information content (AvgIpc) is 3.48. The predicted octanol–water partition coefficient (Wildman–Crippen LogP) is 5.54. The number of nitrogens with zero attached hydrogens (tertiary/aromatic N) is 3. The molecule has 6 nitrogen and oxygen atoms in total. The van der Waals surface area contributed by atoms with Gasteiger partial charge in [0.2, 0.25) is 6.29 Å². The molecule has 2 aromatic rings. The van der Waals surface area contributed by atoms with Gasteiger partial charge in [-0.1, -0.05) is 52.0 Å². The van der Waals surface area contributed by atoms with Gasteiger partial charge < -0.3 is 9.47 Å². The van der Waals surface area contributed by atoms with E-state index in [0.717, 1.165) is 28.9 Å². The van der Waals surface area contributed by atoms with Crippen molar-refractivity contribution in [2.45, 2.75) is 85.6 Å². The second-order valence-electron chi connectivity index (χ2n) is 9.23. The molecule has 0 N–H and O–H groups in total. The van der Waals surface area contributed by atoms with Crippen LogP contribution in [-0.2, 0) is 26.2 Å². The first kappa shape index (κ1) is 23.8. The third kappa shape index (κ3) is 5.67. The van der Waals surface area contributed by atoms with Crippen LogP contribution in [0.25, 0.3) is 11.3 Å². The Bertz CT molecular complexity index is 1000. The highest BCUT2D eigenvalue weighted by atomic mass is 16.7. The van der Waals surface area contributed by atoms with Crippen molar-refractivity contribution >= 4 is 23.5 Å². The molecular formula is C26H35N3O3. The highest BCUT2D eigenvalue weighted by molar-refractivity contribution is 6.03. The van der Waals surface area contributed by atoms with E-state index in [4.69, 9.17) is 9.47 Å². The molecule has 1 aliphatic rings. The van der Waals surface area contributed by atoms with Gasteiger partial charge in [-0.2, -0.15) is 5.10 Å². The van der Waals surface area contributed by atoms with E-state index in [1.54, 1.807) is 6.92 Å². The Kier molecular flexibility index (Phi) is 7.22. The molecule has 0 saturated heterocycles. The molecule has 6 heteroatoms. The molecule has 0 saturated carbocycles. The van der Waals surface area contributed by atoms with Crippen molar-refractivity contribution in [2.75, 3.05) is 0 Å². The Labute approximate surface area is 191 Å². The van der Waals surface area contributed by atoms with Gasteiger partial charge in [-0.15, -0.1) is 0 Å². The number of ether oxygens (including phenoxy) is 2. The van der Waals surface area contributed by atoms with Gasteiger partial charge in [0.25, 0.3) is 0 Å². The van der Waals surface area contributed by atoms with Gasteiger partial charge in [0.05, 0.1) is 5.69 Å². The van der Waals surface area contributed by atoms with Crippen LogP contribution in [0.3, 0.4) is 0 Å². The predicted molar refractivity (Wildman–Crippen MR) is 128 cm³/mol. The fraction of sp³-hybridized carbons (Fsp3) is 0.500. The Morgan fingerprint density at radius 2 is 1.81 bits per heavy atom. The van der Waals surface area contributed by atoms with Crippen LogP contribution < -0.4 is 0 Å². The Morgan fingerprint density at radius 1 is 1.16 bits per heavy atom. The molecule has 172 valence electrons. The third-order valence-electron chi connectivity index (χ3n) is 5.37. The summed E-state index contributed by atoms with van der Waals surface area (Å²) >= 11 is 0. The number of carbonyl (C=O) groups excluding carboxylic acids is 1. The molecule has 1 aromatic carbocycles. The van der Waals surface area contributed by atoms with Crippen molar-refractivity contribution in [1.29, 1.82) is 0 Å². The largest absolute Gasteiger partial charge is 0.452 e. The van der Waals surface area contributed by atoms with E-state index in [1.165, 1.54) is 5.56 Å². The van der Waals surface area contributed by atoms with Gasteiger partial charge >= 0.3 is 5.97 Å². The quantitative estimate of drug-likeness (QED) is 0.294. The zero-order valence-electron chi connectivity index (χ0n) is 20.3. The molecule has 2 unspecified atom stereocenters. The number of aromatic nitrogens is 2. The summed E-state index contributed by atoms with van der Waals surface area (Å²) in [6.45, 7) is 15.0. The van der Waals surface area contributed by atoms with Gasteiger partial charge in [-0.3, -0.25) is 14.5 Å². The number of aliphatic imine (C=N–C) groups is 1. The summed E-state index contributed by atoms with van der Waals surface area (Å²) in [6, 6.07) is 10.5. The molecule has 1 aromatic heterocycles. The summed E-state index contributed by atoms with van der Waals surface area (Å²) in [7, 11) is 0. The van der Waals surface area contributed by atoms with Crippen LogP contribution in [0.4, 0.5) is 0 Å². The van der Waals surface area contributed by atoms with E-state index in [2.05, 4.69) is 55.1 Å². The summed E-state index contributed by atoms with van der Waals surface area (Å²) < 4.78 is 13.7. The Morgan fingerprint density at radius 3 is 2.34 bits per heavy atom. The highest BCUT2D eigenvalue weighted by Crippen LogP contribution is 2.36. The van der Waals surface area contributed by atoms with Gasteiger partial charge in [-0.05, 0) is 42.9 Å². The molecule has 32 heavy (non-hydrogen) atoms. The normalized spacial score (nSPS) is 17.0. The maximum Gasteiger partial charge on any atom is 0.308 e. The minimum Gasteiger partial charge on any atom is -0.452 e. The molecule has 2 atom stereocenters. The van der Waals surface area contributed by atoms with Gasteiger partial charge in [0.1, 0.15) is 11.7 Å². The van der Waals surface area contributed by atoms with Gasteiger partial charge in [0, 0.05) is 31.7 Å². The second kappa shape index (κ2) is 9.72. The summed E-state index contributed by atoms with van der Waals surface area (Å²) in [4.78, 5) is 16.5. The number of carbonyl (C=O) groups is 1. The van der Waals surface area contributed by atoms with Crippen molar-refractivity contribution in [3.05, 3.63) is 52.8 Å². The van der Waals surface area contributed by atoms with Crippen LogP contribution in [0, 0.1) is 6.92 Å². The molecule has 0 radical (unpaired) electrons. The number of hydrogen-bond donors (Lipinski definition) is 0. The first-order chi connectivity index (χ1) is 15.1. The van der Waals surface area contributed by atoms with E-state index in [-0.39, 0.29) is 17.4 Å². The first-order valence-electron chi connectivity index (χ1n) is 11.4. The van der Waals surface area contributed by atoms with Crippen LogP contribution >= 0.6 is 0 Å². The van der Waals surface area contributed by atoms with Crippen molar-refractivity contribution in [3.8, 4) is 0 Å². The van der Waals surface area contributed by atoms with Crippen LogP contribution in [0.2, 0.25) is 0 Å². The SMILES string of the molecule is CCCC(=O)OC(C)O/C(=C(\c1ccc(C(C)(C)C)cc1)C1C=N1)c1cc(C)nn1CC. The maximum atomic E-state index is 12.1. The number of benzene rings is 1. The molecule has 2 heterocycles. The molecule has 3 rings (SSSR count). The van der Waals surface area contributed by atoms with E-state index in [1.807, 2.05) is 37.7 Å². The van der Waals surface area contributed by atoms with Crippen molar-refractivity contribution in [1.82, 2.24) is 9.78 Å². The smallest absolute Gasteiger partial charge is 0.308 e. The monoisotopic (exact) mass is 437 g/mol. The van der Waals surface area contributed by atoms with Gasteiger partial charge in [-0.25, -0.2) is 0 Å². The Balaban J connectivity index is 2.08. The first-order valence-corrected chi connectivity index (χ1v) is 11.4. The number of rotatable bonds is 9. The highest BCUT2D eigenvalue weighted by Gasteiger charge is 2.30. The zero-order chi connectivity index (χ0) is 23.5. The van der Waals surface area contributed by atoms with Crippen LogP contribution in [0.1, 0.15) is 76.9 Å². The lowest BCUT2D eigenvalue weighted by Crippen LogP contribution is -2.20. The number of hydrogen-bond acceptors (Lipinski definition) is 5. The standard InChI is InChI=1S/C26H35N3O3/c1-8-10-23(30)31-18(4)32-25(22-15-17(3)28-29(22)9-2)24(21-16-27-21)19-11-13-20(14-12-19)26(5,6)7/h11-16,18,21H,8-10H2,1-7H3/b25-24+. The van der Waals surface area contributed by atoms with Crippen molar-refractivity contribution < 1.29 is 14.3 Å². The van der Waals surface area contributed by atoms with Gasteiger partial charge in [0.15, 0.2) is 5.76 Å². The summed E-state index contributed by atoms with van der Waals surface area (Å²) in [5.74, 6) is 0.383. The summed E-state index contributed by atoms with van der Waals surface area (Å²) in [6.07, 6.45) is 2.28. The molecule has 0 spiro atoms. The third-order valence-corrected chi connectivity index (χ3v) is 5.37. The minimum atomic E-state index is -0.729. The molecule has 0 aliphatic carbocycles. The summed E-state index contributed by atoms with van der Waals surface area (Å²) in [5.41, 5.74) is 5.07. The molecule has 0 bridgehead atoms. The summed E-state index contributed by atoms with van der Waals surface area (Å²) in [5, 5.41) is 4.60. The topological polar surface area (TPSA) is 65.7 Å². The maximum absolute atomic E-state index is 12.1. The minimum absolute atomic E-state index is 0.0652. The van der Waals surface area contributed by atoms with Crippen LogP contribution in [0.15, 0.2) is 35.3 Å². The van der Waals surface area contributed by atoms with Crippen LogP contribution in [0.5, 0.6) is 0 Å². The zero-order valence-corrected chi connectivity index (χ0v) is 20.3. The molecule has 0 amide bonds. The van der Waals surface area contributed by atoms with E-state index >= 15 is 0 Å². The second-order valence-corrected chi connectivity index (χ2v) is 9.23. The van der Waals surface area contributed by atoms with E-state index in [0.29, 0.717) is 18.7 Å². The van der Waals surface area contributed by atoms with E-state index < -0.39 is 6.29 Å². The average molecular weight is 438 g/mol. The fourth-order valence-corrected chi connectivity index (χ4v) is 3.65. The van der Waals surface area contributed by atoms with Crippen molar-refractivity contribution in [3.63, 3.8) is 0 Å². The molecule has 0 fully saturated rings.